The Bertz CT molecular complexity index is 540. The van der Waals surface area contributed by atoms with Crippen LogP contribution in [0.3, 0.4) is 0 Å². The van der Waals surface area contributed by atoms with Gasteiger partial charge in [-0.2, -0.15) is 4.80 Å². The van der Waals surface area contributed by atoms with E-state index < -0.39 is 0 Å². The maximum Gasteiger partial charge on any atom is 0.176 e. The smallest absolute Gasteiger partial charge is 0.176 e. The molecule has 1 atom stereocenters. The third-order valence-corrected chi connectivity index (χ3v) is 3.48. The van der Waals surface area contributed by atoms with Crippen molar-refractivity contribution in [1.82, 2.24) is 25.5 Å². The molecule has 0 bridgehead atoms. The second-order valence-corrected chi connectivity index (χ2v) is 4.67. The number of hydrogen-bond donors (Lipinski definition) is 1. The van der Waals surface area contributed by atoms with E-state index in [1.165, 1.54) is 4.80 Å². The molecule has 0 radical (unpaired) electrons. The van der Waals surface area contributed by atoms with Crippen LogP contribution in [0.15, 0.2) is 18.2 Å². The van der Waals surface area contributed by atoms with Gasteiger partial charge in [0.2, 0.25) is 0 Å². The number of likely N-dealkylation sites (N-methyl/N-ethyl adjacent to an activating group) is 1. The summed E-state index contributed by atoms with van der Waals surface area (Å²) < 4.78 is 0. The first-order valence-corrected chi connectivity index (χ1v) is 6.21. The van der Waals surface area contributed by atoms with Crippen LogP contribution in [-0.2, 0) is 13.5 Å². The van der Waals surface area contributed by atoms with Crippen molar-refractivity contribution in [1.29, 1.82) is 0 Å². The van der Waals surface area contributed by atoms with Gasteiger partial charge in [0.15, 0.2) is 5.82 Å². The van der Waals surface area contributed by atoms with Crippen molar-refractivity contribution in [3.8, 4) is 0 Å². The maximum absolute atomic E-state index is 6.20. The summed E-state index contributed by atoms with van der Waals surface area (Å²) in [4.78, 5) is 1.43. The molecule has 0 aliphatic rings. The second kappa shape index (κ2) is 5.65. The van der Waals surface area contributed by atoms with Crippen molar-refractivity contribution in [2.24, 2.45) is 7.05 Å². The molecule has 1 heterocycles. The average molecular weight is 286 g/mol. The minimum atomic E-state index is 0.000370. The highest BCUT2D eigenvalue weighted by atomic mass is 35.5. The molecule has 2 aromatic rings. The van der Waals surface area contributed by atoms with E-state index in [1.54, 1.807) is 13.1 Å². The van der Waals surface area contributed by atoms with Gasteiger partial charge in [0.05, 0.1) is 17.1 Å². The summed E-state index contributed by atoms with van der Waals surface area (Å²) in [6.07, 6.45) is 0.602. The van der Waals surface area contributed by atoms with Gasteiger partial charge in [-0.15, -0.1) is 10.2 Å². The number of nitrogens with one attached hydrogen (secondary N) is 1. The van der Waals surface area contributed by atoms with Crippen LogP contribution in [0, 0.1) is 0 Å². The van der Waals surface area contributed by atoms with Crippen molar-refractivity contribution >= 4 is 23.2 Å². The van der Waals surface area contributed by atoms with E-state index in [1.807, 2.05) is 19.2 Å². The highest BCUT2D eigenvalue weighted by molar-refractivity contribution is 6.42. The second-order valence-electron chi connectivity index (χ2n) is 3.88. The molecule has 0 saturated heterocycles. The van der Waals surface area contributed by atoms with Crippen LogP contribution in [0.1, 0.15) is 17.4 Å². The van der Waals surface area contributed by atoms with Crippen molar-refractivity contribution in [3.05, 3.63) is 39.6 Å². The fourth-order valence-electron chi connectivity index (χ4n) is 1.74. The van der Waals surface area contributed by atoms with Crippen LogP contribution in [0.2, 0.25) is 10.0 Å². The number of benzene rings is 1. The van der Waals surface area contributed by atoms with Crippen LogP contribution in [0.25, 0.3) is 0 Å². The zero-order valence-electron chi connectivity index (χ0n) is 10.1. The third-order valence-electron chi connectivity index (χ3n) is 2.64. The van der Waals surface area contributed by atoms with E-state index in [4.69, 9.17) is 23.2 Å². The molecule has 2 rings (SSSR count). The van der Waals surface area contributed by atoms with Crippen molar-refractivity contribution in [2.75, 3.05) is 7.05 Å². The predicted octanol–water partition coefficient (Wildman–Crippen LogP) is 2.02. The Kier molecular flexibility index (Phi) is 4.16. The van der Waals surface area contributed by atoms with Gasteiger partial charge >= 0.3 is 0 Å². The molecule has 0 fully saturated rings. The first kappa shape index (κ1) is 13.3. The molecule has 0 aliphatic carbocycles. The van der Waals surface area contributed by atoms with Crippen LogP contribution < -0.4 is 5.32 Å². The van der Waals surface area contributed by atoms with E-state index in [0.717, 1.165) is 5.56 Å². The molecule has 1 aromatic carbocycles. The van der Waals surface area contributed by atoms with Crippen molar-refractivity contribution in [2.45, 2.75) is 12.5 Å². The van der Waals surface area contributed by atoms with E-state index in [0.29, 0.717) is 22.3 Å². The molecule has 96 valence electrons. The predicted molar refractivity (Wildman–Crippen MR) is 70.8 cm³/mol. The maximum atomic E-state index is 6.20. The molecule has 0 aliphatic heterocycles. The molecule has 0 spiro atoms. The summed E-state index contributed by atoms with van der Waals surface area (Å²) in [6.45, 7) is 0. The van der Waals surface area contributed by atoms with Crippen LogP contribution in [0.4, 0.5) is 0 Å². The number of aryl methyl sites for hydroxylation is 1. The van der Waals surface area contributed by atoms with Gasteiger partial charge < -0.3 is 5.32 Å². The highest BCUT2D eigenvalue weighted by Crippen LogP contribution is 2.30. The summed E-state index contributed by atoms with van der Waals surface area (Å²) in [5.74, 6) is 0.660. The monoisotopic (exact) mass is 285 g/mol. The molecule has 1 unspecified atom stereocenters. The molecule has 7 heteroatoms. The first-order chi connectivity index (χ1) is 8.61. The topological polar surface area (TPSA) is 55.6 Å². The number of halogens is 2. The van der Waals surface area contributed by atoms with Gasteiger partial charge in [-0.3, -0.25) is 0 Å². The lowest BCUT2D eigenvalue weighted by molar-refractivity contribution is 0.570. The summed E-state index contributed by atoms with van der Waals surface area (Å²) >= 11 is 12.2. The lowest BCUT2D eigenvalue weighted by atomic mass is 10.0. The van der Waals surface area contributed by atoms with Crippen molar-refractivity contribution in [3.63, 3.8) is 0 Å². The molecule has 0 amide bonds. The van der Waals surface area contributed by atoms with Gasteiger partial charge in [-0.05, 0) is 23.9 Å². The molecular weight excluding hydrogens is 273 g/mol. The van der Waals surface area contributed by atoms with E-state index >= 15 is 0 Å². The summed E-state index contributed by atoms with van der Waals surface area (Å²) in [7, 11) is 3.59. The van der Waals surface area contributed by atoms with E-state index in [2.05, 4.69) is 20.7 Å². The lowest BCUT2D eigenvalue weighted by Gasteiger charge is -2.16. The number of nitrogens with zero attached hydrogens (tertiary/aromatic N) is 4. The Morgan fingerprint density at radius 2 is 2.17 bits per heavy atom. The van der Waals surface area contributed by atoms with E-state index in [-0.39, 0.29) is 6.04 Å². The van der Waals surface area contributed by atoms with Gasteiger partial charge in [0, 0.05) is 12.5 Å². The fraction of sp³-hybridized carbons (Fsp3) is 0.364. The summed E-state index contributed by atoms with van der Waals surface area (Å²) in [5, 5.41) is 16.2. The Morgan fingerprint density at radius 3 is 2.78 bits per heavy atom. The van der Waals surface area contributed by atoms with Crippen LogP contribution in [-0.4, -0.2) is 27.3 Å². The summed E-state index contributed by atoms with van der Waals surface area (Å²) in [6, 6.07) is 5.57. The summed E-state index contributed by atoms with van der Waals surface area (Å²) in [5.41, 5.74) is 0.930. The lowest BCUT2D eigenvalue weighted by Crippen LogP contribution is -2.20. The standard InChI is InChI=1S/C11H13Cl2N5/c1-14-9(6-10-15-17-18(2)16-10)7-4-3-5-8(12)11(7)13/h3-5,9,14H,6H2,1-2H3. The zero-order chi connectivity index (χ0) is 13.1. The normalized spacial score (nSPS) is 12.7. The number of rotatable bonds is 4. The highest BCUT2D eigenvalue weighted by Gasteiger charge is 2.17. The van der Waals surface area contributed by atoms with Gasteiger partial charge in [-0.1, -0.05) is 35.3 Å². The largest absolute Gasteiger partial charge is 0.313 e. The van der Waals surface area contributed by atoms with Crippen LogP contribution >= 0.6 is 23.2 Å². The van der Waals surface area contributed by atoms with Crippen molar-refractivity contribution < 1.29 is 0 Å². The molecule has 1 N–H and O–H groups in total. The number of aromatic nitrogens is 4. The Hall–Kier alpha value is -1.17. The quantitative estimate of drug-likeness (QED) is 0.934. The fourth-order valence-corrected chi connectivity index (χ4v) is 2.18. The van der Waals surface area contributed by atoms with Gasteiger partial charge in [-0.25, -0.2) is 0 Å². The SMILES string of the molecule is CNC(Cc1nnn(C)n1)c1cccc(Cl)c1Cl. The molecule has 1 aromatic heterocycles. The molecule has 5 nitrogen and oxygen atoms in total. The third kappa shape index (κ3) is 2.80. The average Bonchev–Trinajstić information content (AvgIpc) is 2.76. The zero-order valence-corrected chi connectivity index (χ0v) is 11.6. The molecular formula is C11H13Cl2N5. The Balaban J connectivity index is 2.25. The molecule has 0 saturated carbocycles. The number of hydrogen-bond acceptors (Lipinski definition) is 4. The Morgan fingerprint density at radius 1 is 1.39 bits per heavy atom. The number of tetrazole rings is 1. The van der Waals surface area contributed by atoms with Gasteiger partial charge in [0.1, 0.15) is 0 Å². The Labute approximate surface area is 115 Å². The minimum absolute atomic E-state index is 0.000370. The first-order valence-electron chi connectivity index (χ1n) is 5.46. The minimum Gasteiger partial charge on any atom is -0.313 e. The van der Waals surface area contributed by atoms with Crippen LogP contribution in [0.5, 0.6) is 0 Å². The van der Waals surface area contributed by atoms with E-state index in [9.17, 15) is 0 Å². The molecule has 18 heavy (non-hydrogen) atoms. The van der Waals surface area contributed by atoms with Gasteiger partial charge in [0.25, 0.3) is 0 Å².